The minimum atomic E-state index is -0.588. The summed E-state index contributed by atoms with van der Waals surface area (Å²) < 4.78 is 0. The van der Waals surface area contributed by atoms with Crippen LogP contribution >= 0.6 is 0 Å². The second-order valence-corrected chi connectivity index (χ2v) is 4.60. The summed E-state index contributed by atoms with van der Waals surface area (Å²) in [7, 11) is 0. The molecule has 1 unspecified atom stereocenters. The van der Waals surface area contributed by atoms with E-state index in [0.29, 0.717) is 5.69 Å². The van der Waals surface area contributed by atoms with Gasteiger partial charge < -0.3 is 16.8 Å². The smallest absolute Gasteiger partial charge is 0.250 e. The topological polar surface area (TPSA) is 98.2 Å². The lowest BCUT2D eigenvalue weighted by Crippen LogP contribution is -2.28. The highest BCUT2D eigenvalue weighted by atomic mass is 16.2. The van der Waals surface area contributed by atoms with Gasteiger partial charge >= 0.3 is 0 Å². The van der Waals surface area contributed by atoms with Crippen molar-refractivity contribution < 1.29 is 9.59 Å². The first-order chi connectivity index (χ1) is 10.1. The van der Waals surface area contributed by atoms with E-state index in [1.807, 2.05) is 30.3 Å². The molecule has 0 saturated heterocycles. The Morgan fingerprint density at radius 3 is 2.24 bits per heavy atom. The molecule has 0 saturated carbocycles. The first kappa shape index (κ1) is 14.7. The molecule has 108 valence electrons. The van der Waals surface area contributed by atoms with Gasteiger partial charge in [-0.3, -0.25) is 9.59 Å². The number of amides is 2. The largest absolute Gasteiger partial charge is 0.366 e. The first-order valence-electron chi connectivity index (χ1n) is 6.58. The lowest BCUT2D eigenvalue weighted by molar-refractivity contribution is -0.117. The minimum absolute atomic E-state index is 0.175. The molecule has 0 radical (unpaired) electrons. The van der Waals surface area contributed by atoms with Gasteiger partial charge in [0.25, 0.3) is 5.91 Å². The Bertz CT molecular complexity index is 641. The number of carbonyl (C=O) groups is 2. The molecule has 2 aromatic carbocycles. The third-order valence-corrected chi connectivity index (χ3v) is 3.20. The van der Waals surface area contributed by atoms with Gasteiger partial charge in [0.05, 0.1) is 17.2 Å². The summed E-state index contributed by atoms with van der Waals surface area (Å²) in [5.41, 5.74) is 12.5. The summed E-state index contributed by atoms with van der Waals surface area (Å²) in [4.78, 5) is 23.7. The minimum Gasteiger partial charge on any atom is -0.366 e. The highest BCUT2D eigenvalue weighted by molar-refractivity contribution is 6.04. The van der Waals surface area contributed by atoms with Crippen LogP contribution < -0.4 is 16.8 Å². The van der Waals surface area contributed by atoms with Crippen molar-refractivity contribution in [2.75, 3.05) is 11.9 Å². The third-order valence-electron chi connectivity index (χ3n) is 3.20. The summed E-state index contributed by atoms with van der Waals surface area (Å²) in [6.45, 7) is 0.175. The molecule has 0 aliphatic heterocycles. The zero-order valence-electron chi connectivity index (χ0n) is 11.5. The molecular formula is C16H17N3O2. The van der Waals surface area contributed by atoms with Crippen molar-refractivity contribution >= 4 is 17.5 Å². The van der Waals surface area contributed by atoms with Gasteiger partial charge in [0.15, 0.2) is 0 Å². The van der Waals surface area contributed by atoms with Crippen LogP contribution in [0.15, 0.2) is 54.6 Å². The Balaban J connectivity index is 2.23. The van der Waals surface area contributed by atoms with E-state index in [2.05, 4.69) is 5.32 Å². The first-order valence-corrected chi connectivity index (χ1v) is 6.58. The second-order valence-electron chi connectivity index (χ2n) is 4.60. The molecule has 2 rings (SSSR count). The third kappa shape index (κ3) is 3.46. The van der Waals surface area contributed by atoms with E-state index in [1.165, 1.54) is 0 Å². The van der Waals surface area contributed by atoms with Crippen LogP contribution in [0.1, 0.15) is 21.8 Å². The van der Waals surface area contributed by atoms with E-state index in [0.717, 1.165) is 5.56 Å². The van der Waals surface area contributed by atoms with E-state index in [9.17, 15) is 9.59 Å². The van der Waals surface area contributed by atoms with Crippen LogP contribution in [0.4, 0.5) is 5.69 Å². The van der Waals surface area contributed by atoms with Crippen molar-refractivity contribution in [3.8, 4) is 0 Å². The standard InChI is InChI=1S/C16H17N3O2/c17-10-13(11-6-2-1-3-7-11)16(21)19-14-9-5-4-8-12(14)15(18)20/h1-9,13H,10,17H2,(H2,18,20)(H,19,21). The van der Waals surface area contributed by atoms with Gasteiger partial charge in [-0.2, -0.15) is 0 Å². The Kier molecular flexibility index (Phi) is 4.68. The van der Waals surface area contributed by atoms with Gasteiger partial charge in [0.1, 0.15) is 0 Å². The number of hydrogen-bond acceptors (Lipinski definition) is 3. The number of primary amides is 1. The molecule has 0 fully saturated rings. The number of nitrogens with one attached hydrogen (secondary N) is 1. The molecule has 0 spiro atoms. The van der Waals surface area contributed by atoms with Crippen molar-refractivity contribution in [3.05, 3.63) is 65.7 Å². The van der Waals surface area contributed by atoms with Crippen molar-refractivity contribution in [2.24, 2.45) is 11.5 Å². The highest BCUT2D eigenvalue weighted by Gasteiger charge is 2.20. The number of benzene rings is 2. The van der Waals surface area contributed by atoms with Crippen molar-refractivity contribution in [3.63, 3.8) is 0 Å². The summed E-state index contributed by atoms with van der Waals surface area (Å²) in [6, 6.07) is 15.9. The van der Waals surface area contributed by atoms with Gasteiger partial charge in [0.2, 0.25) is 5.91 Å². The summed E-state index contributed by atoms with van der Waals surface area (Å²) >= 11 is 0. The average Bonchev–Trinajstić information content (AvgIpc) is 2.49. The number of carbonyl (C=O) groups excluding carboxylic acids is 2. The highest BCUT2D eigenvalue weighted by Crippen LogP contribution is 2.19. The zero-order chi connectivity index (χ0) is 15.2. The molecule has 0 heterocycles. The van der Waals surface area contributed by atoms with Crippen LogP contribution in [0.5, 0.6) is 0 Å². The van der Waals surface area contributed by atoms with E-state index >= 15 is 0 Å². The van der Waals surface area contributed by atoms with Crippen LogP contribution in [0.3, 0.4) is 0 Å². The molecule has 5 nitrogen and oxygen atoms in total. The van der Waals surface area contributed by atoms with E-state index < -0.39 is 11.8 Å². The maximum Gasteiger partial charge on any atom is 0.250 e. The van der Waals surface area contributed by atoms with Gasteiger partial charge in [0, 0.05) is 6.54 Å². The summed E-state index contributed by atoms with van der Waals surface area (Å²) in [6.07, 6.45) is 0. The molecule has 1 atom stereocenters. The predicted octanol–water partition coefficient (Wildman–Crippen LogP) is 1.47. The number of rotatable bonds is 5. The SMILES string of the molecule is NCC(C(=O)Nc1ccccc1C(N)=O)c1ccccc1. The fraction of sp³-hybridized carbons (Fsp3) is 0.125. The Labute approximate surface area is 123 Å². The lowest BCUT2D eigenvalue weighted by Gasteiger charge is -2.16. The molecule has 21 heavy (non-hydrogen) atoms. The molecule has 0 aliphatic carbocycles. The molecule has 5 N–H and O–H groups in total. The van der Waals surface area contributed by atoms with Crippen molar-refractivity contribution in [1.29, 1.82) is 0 Å². The molecular weight excluding hydrogens is 266 g/mol. The normalized spacial score (nSPS) is 11.7. The van der Waals surface area contributed by atoms with Crippen LogP contribution in [0.2, 0.25) is 0 Å². The van der Waals surface area contributed by atoms with E-state index in [1.54, 1.807) is 24.3 Å². The van der Waals surface area contributed by atoms with Crippen molar-refractivity contribution in [2.45, 2.75) is 5.92 Å². The van der Waals surface area contributed by atoms with E-state index in [4.69, 9.17) is 11.5 Å². The number of para-hydroxylation sites is 1. The molecule has 0 aliphatic rings. The van der Waals surface area contributed by atoms with Gasteiger partial charge in [-0.25, -0.2) is 0 Å². The molecule has 2 aromatic rings. The van der Waals surface area contributed by atoms with E-state index in [-0.39, 0.29) is 18.0 Å². The Morgan fingerprint density at radius 1 is 1.00 bits per heavy atom. The number of nitrogens with two attached hydrogens (primary N) is 2. The van der Waals surface area contributed by atoms with Crippen LogP contribution in [-0.4, -0.2) is 18.4 Å². The average molecular weight is 283 g/mol. The Morgan fingerprint density at radius 2 is 1.62 bits per heavy atom. The summed E-state index contributed by atoms with van der Waals surface area (Å²) in [5, 5.41) is 2.72. The van der Waals surface area contributed by atoms with Gasteiger partial charge in [-0.1, -0.05) is 42.5 Å². The van der Waals surface area contributed by atoms with Crippen LogP contribution in [0, 0.1) is 0 Å². The summed E-state index contributed by atoms with van der Waals surface area (Å²) in [5.74, 6) is -1.33. The fourth-order valence-corrected chi connectivity index (χ4v) is 2.11. The zero-order valence-corrected chi connectivity index (χ0v) is 11.5. The van der Waals surface area contributed by atoms with Crippen molar-refractivity contribution in [1.82, 2.24) is 0 Å². The maximum absolute atomic E-state index is 12.4. The molecule has 2 amide bonds. The fourth-order valence-electron chi connectivity index (χ4n) is 2.11. The van der Waals surface area contributed by atoms with Crippen LogP contribution in [0.25, 0.3) is 0 Å². The number of anilines is 1. The molecule has 5 heteroatoms. The lowest BCUT2D eigenvalue weighted by atomic mass is 9.98. The quantitative estimate of drug-likeness (QED) is 0.774. The molecule has 0 aromatic heterocycles. The monoisotopic (exact) mass is 283 g/mol. The van der Waals surface area contributed by atoms with Gasteiger partial charge in [-0.15, -0.1) is 0 Å². The Hall–Kier alpha value is -2.66. The van der Waals surface area contributed by atoms with Crippen LogP contribution in [-0.2, 0) is 4.79 Å². The van der Waals surface area contributed by atoms with Gasteiger partial charge in [-0.05, 0) is 17.7 Å². The molecule has 0 bridgehead atoms. The predicted molar refractivity (Wildman–Crippen MR) is 81.8 cm³/mol. The number of hydrogen-bond donors (Lipinski definition) is 3. The maximum atomic E-state index is 12.4. The second kappa shape index (κ2) is 6.67.